The van der Waals surface area contributed by atoms with E-state index in [9.17, 15) is 27.9 Å². The third-order valence-corrected chi connectivity index (χ3v) is 9.36. The maximum absolute atomic E-state index is 12.9. The molecule has 0 aromatic heterocycles. The Labute approximate surface area is 301 Å². The van der Waals surface area contributed by atoms with Crippen LogP contribution in [-0.4, -0.2) is 58.8 Å². The van der Waals surface area contributed by atoms with E-state index in [0.717, 1.165) is 54.3 Å². The van der Waals surface area contributed by atoms with Crippen molar-refractivity contribution < 1.29 is 32.6 Å². The second-order valence-corrected chi connectivity index (χ2v) is 14.2. The Balaban J connectivity index is 0.000000272. The van der Waals surface area contributed by atoms with Gasteiger partial charge in [0.05, 0.1) is 0 Å². The summed E-state index contributed by atoms with van der Waals surface area (Å²) < 4.78 is 39.8. The highest BCUT2D eigenvalue weighted by Gasteiger charge is 2.33. The number of urea groups is 1. The van der Waals surface area contributed by atoms with Crippen LogP contribution >= 0.6 is 11.8 Å². The van der Waals surface area contributed by atoms with E-state index in [0.29, 0.717) is 25.1 Å². The molecule has 12 heteroatoms. The number of amides is 2. The average Bonchev–Trinajstić information content (AvgIpc) is 3.51. The van der Waals surface area contributed by atoms with Crippen molar-refractivity contribution in [3.8, 4) is 5.75 Å². The van der Waals surface area contributed by atoms with Crippen LogP contribution in [-0.2, 0) is 30.7 Å². The molecule has 4 aromatic carbocycles. The number of rotatable bonds is 14. The zero-order chi connectivity index (χ0) is 36.9. The molecule has 0 unspecified atom stereocenters. The molecule has 0 saturated carbocycles. The van der Waals surface area contributed by atoms with Gasteiger partial charge in [-0.05, 0) is 92.3 Å². The van der Waals surface area contributed by atoms with Gasteiger partial charge in [-0.1, -0.05) is 66.7 Å². The van der Waals surface area contributed by atoms with E-state index in [1.165, 1.54) is 35.0 Å². The van der Waals surface area contributed by atoms with E-state index in [1.54, 1.807) is 18.7 Å². The predicted octanol–water partition coefficient (Wildman–Crippen LogP) is 8.13. The number of likely N-dealkylation sites (N-methyl/N-ethyl adjacent to an activating group) is 1. The number of ether oxygens (including phenoxy) is 1. The van der Waals surface area contributed by atoms with E-state index in [4.69, 9.17) is 0 Å². The third kappa shape index (κ3) is 13.0. The van der Waals surface area contributed by atoms with Gasteiger partial charge in [-0.2, -0.15) is 0 Å². The van der Waals surface area contributed by atoms with Crippen molar-refractivity contribution in [3.63, 3.8) is 0 Å². The maximum Gasteiger partial charge on any atom is 0.573 e. The van der Waals surface area contributed by atoms with Crippen molar-refractivity contribution in [2.24, 2.45) is 0 Å². The lowest BCUT2D eigenvalue weighted by molar-refractivity contribution is -0.274. The number of aliphatic carboxylic acids is 1. The van der Waals surface area contributed by atoms with E-state index < -0.39 is 17.1 Å². The van der Waals surface area contributed by atoms with Gasteiger partial charge in [-0.25, -0.2) is 4.79 Å². The number of carboxylic acids is 1. The van der Waals surface area contributed by atoms with Gasteiger partial charge in [-0.15, -0.1) is 24.9 Å². The summed E-state index contributed by atoms with van der Waals surface area (Å²) in [5, 5.41) is 18.9. The van der Waals surface area contributed by atoms with Gasteiger partial charge >= 0.3 is 18.4 Å². The van der Waals surface area contributed by atoms with Gasteiger partial charge in [0, 0.05) is 49.3 Å². The molecule has 0 radical (unpaired) electrons. The Morgan fingerprint density at radius 1 is 0.824 bits per heavy atom. The average molecular weight is 723 g/mol. The zero-order valence-electron chi connectivity index (χ0n) is 29.0. The molecule has 0 spiro atoms. The number of anilines is 1. The number of halogens is 3. The predicted molar refractivity (Wildman–Crippen MR) is 196 cm³/mol. The number of nitrogens with one attached hydrogen (secondary N) is 3. The summed E-state index contributed by atoms with van der Waals surface area (Å²) in [4.78, 5) is 26.8. The molecule has 0 saturated heterocycles. The lowest BCUT2D eigenvalue weighted by atomic mass is 10.1. The molecular weight excluding hydrogens is 678 g/mol. The summed E-state index contributed by atoms with van der Waals surface area (Å²) in [7, 11) is 0. The molecule has 0 fully saturated rings. The van der Waals surface area contributed by atoms with E-state index in [-0.39, 0.29) is 17.8 Å². The number of benzene rings is 4. The zero-order valence-corrected chi connectivity index (χ0v) is 29.8. The largest absolute Gasteiger partial charge is 0.573 e. The van der Waals surface area contributed by atoms with E-state index in [2.05, 4.69) is 69.2 Å². The number of carbonyl (C=O) groups is 2. The number of hydrogen-bond acceptors (Lipinski definition) is 6. The second-order valence-electron chi connectivity index (χ2n) is 12.5. The number of hydrogen-bond donors (Lipinski definition) is 4. The van der Waals surface area contributed by atoms with Gasteiger partial charge < -0.3 is 30.7 Å². The summed E-state index contributed by atoms with van der Waals surface area (Å²) in [6.45, 7) is 9.47. The van der Waals surface area contributed by atoms with Gasteiger partial charge in [0.1, 0.15) is 10.5 Å². The first-order valence-electron chi connectivity index (χ1n) is 16.8. The fourth-order valence-corrected chi connectivity index (χ4v) is 6.54. The van der Waals surface area contributed by atoms with Crippen molar-refractivity contribution in [3.05, 3.63) is 125 Å². The second kappa shape index (κ2) is 18.6. The number of nitrogens with zero attached hydrogens (tertiary/aromatic N) is 1. The Morgan fingerprint density at radius 3 is 1.88 bits per heavy atom. The lowest BCUT2D eigenvalue weighted by Gasteiger charge is -2.28. The fourth-order valence-electron chi connectivity index (χ4n) is 5.53. The van der Waals surface area contributed by atoms with Crippen LogP contribution < -0.4 is 20.7 Å². The van der Waals surface area contributed by atoms with Crippen molar-refractivity contribution in [2.45, 2.75) is 68.7 Å². The molecule has 51 heavy (non-hydrogen) atoms. The Bertz CT molecular complexity index is 1650. The van der Waals surface area contributed by atoms with Crippen LogP contribution in [0.1, 0.15) is 43.0 Å². The quantitative estimate of drug-likeness (QED) is 0.0770. The van der Waals surface area contributed by atoms with E-state index in [1.807, 2.05) is 37.3 Å². The SMILES string of the molecule is CCN(C(=O)Nc1ccc(OC(F)(F)F)cc1)[C@H]1Cc2ccc(SC(C)(C)C(=O)O)cc2C1.c1ccc(CNCCNCc2ccccc2)cc1. The van der Waals surface area contributed by atoms with Gasteiger partial charge in [0.2, 0.25) is 0 Å². The summed E-state index contributed by atoms with van der Waals surface area (Å²) in [5.74, 6) is -1.25. The number of thioether (sulfide) groups is 1. The third-order valence-electron chi connectivity index (χ3n) is 8.18. The van der Waals surface area contributed by atoms with Crippen LogP contribution in [0.15, 0.2) is 108 Å². The Hall–Kier alpha value is -4.52. The Morgan fingerprint density at radius 2 is 1.37 bits per heavy atom. The minimum atomic E-state index is -4.77. The minimum absolute atomic E-state index is 0.0782. The highest BCUT2D eigenvalue weighted by Crippen LogP contribution is 2.36. The smallest absolute Gasteiger partial charge is 0.480 e. The van der Waals surface area contributed by atoms with Crippen molar-refractivity contribution in [1.29, 1.82) is 0 Å². The minimum Gasteiger partial charge on any atom is -0.480 e. The van der Waals surface area contributed by atoms with E-state index >= 15 is 0 Å². The first kappa shape index (κ1) is 39.3. The number of alkyl halides is 3. The molecule has 0 heterocycles. The van der Waals surface area contributed by atoms with Crippen molar-refractivity contribution in [2.75, 3.05) is 25.0 Å². The first-order chi connectivity index (χ1) is 24.3. The molecule has 272 valence electrons. The van der Waals surface area contributed by atoms with Crippen LogP contribution in [0, 0.1) is 0 Å². The molecule has 8 nitrogen and oxygen atoms in total. The van der Waals surface area contributed by atoms with Crippen LogP contribution in [0.5, 0.6) is 5.75 Å². The molecule has 4 aromatic rings. The summed E-state index contributed by atoms with van der Waals surface area (Å²) >= 11 is 1.27. The van der Waals surface area contributed by atoms with Gasteiger partial charge in [0.15, 0.2) is 0 Å². The monoisotopic (exact) mass is 722 g/mol. The molecular formula is C39H45F3N4O4S. The highest BCUT2D eigenvalue weighted by atomic mass is 32.2. The molecule has 5 rings (SSSR count). The van der Waals surface area contributed by atoms with Gasteiger partial charge in [0.25, 0.3) is 0 Å². The van der Waals surface area contributed by atoms with Gasteiger partial charge in [-0.3, -0.25) is 4.79 Å². The fraction of sp³-hybridized carbons (Fsp3) is 0.333. The lowest BCUT2D eigenvalue weighted by Crippen LogP contribution is -2.43. The molecule has 1 aliphatic carbocycles. The van der Waals surface area contributed by atoms with Crippen LogP contribution in [0.3, 0.4) is 0 Å². The number of carboxylic acid groups (broad SMARTS) is 1. The van der Waals surface area contributed by atoms with Crippen LogP contribution in [0.2, 0.25) is 0 Å². The summed E-state index contributed by atoms with van der Waals surface area (Å²) in [5.41, 5.74) is 5.21. The summed E-state index contributed by atoms with van der Waals surface area (Å²) in [6.07, 6.45) is -3.47. The molecule has 1 atom stereocenters. The molecule has 0 bridgehead atoms. The first-order valence-corrected chi connectivity index (χ1v) is 17.6. The normalized spacial score (nSPS) is 13.8. The topological polar surface area (TPSA) is 103 Å². The number of fused-ring (bicyclic) bond motifs is 1. The molecule has 1 aliphatic rings. The molecule has 0 aliphatic heterocycles. The highest BCUT2D eigenvalue weighted by molar-refractivity contribution is 8.01. The van der Waals surface area contributed by atoms with Crippen molar-refractivity contribution >= 4 is 29.4 Å². The van der Waals surface area contributed by atoms with Crippen molar-refractivity contribution in [1.82, 2.24) is 15.5 Å². The maximum atomic E-state index is 12.9. The summed E-state index contributed by atoms with van der Waals surface area (Å²) in [6, 6.07) is 31.4. The molecule has 2 amide bonds. The Kier molecular flexibility index (Phi) is 14.4. The molecule has 4 N–H and O–H groups in total. The standard InChI is InChI=1S/C23H25F3N2O4S.C16H20N2/c1-4-28(21(31)27-16-6-8-18(9-7-16)32-23(24,25)26)17-11-14-5-10-19(13-15(14)12-17)33-22(2,3)20(29)30;1-3-7-15(8-4-1)13-17-11-12-18-14-16-9-5-2-6-10-16/h5-10,13,17H,4,11-12H2,1-3H3,(H,27,31)(H,29,30);1-10,17-18H,11-14H2/t17-;/m0./s1. The van der Waals surface area contributed by atoms with Crippen LogP contribution in [0.25, 0.3) is 0 Å². The number of carbonyl (C=O) groups excluding carboxylic acids is 1. The van der Waals surface area contributed by atoms with Crippen LogP contribution in [0.4, 0.5) is 23.7 Å².